The number of rotatable bonds is 3. The zero-order valence-electron chi connectivity index (χ0n) is 16.4. The lowest BCUT2D eigenvalue weighted by Crippen LogP contribution is -2.45. The molecule has 29 heavy (non-hydrogen) atoms. The monoisotopic (exact) mass is 391 g/mol. The van der Waals surface area contributed by atoms with Gasteiger partial charge < -0.3 is 14.6 Å². The fourth-order valence-corrected chi connectivity index (χ4v) is 4.67. The molecule has 0 spiro atoms. The molecule has 5 rings (SSSR count). The van der Waals surface area contributed by atoms with Crippen molar-refractivity contribution in [1.29, 1.82) is 0 Å². The summed E-state index contributed by atoms with van der Waals surface area (Å²) in [4.78, 5) is 28.0. The first-order valence-corrected chi connectivity index (χ1v) is 10.4. The second-order valence-electron chi connectivity index (χ2n) is 8.22. The molecule has 0 radical (unpaired) electrons. The maximum Gasteiger partial charge on any atom is 0.255 e. The van der Waals surface area contributed by atoms with E-state index in [1.807, 2.05) is 24.5 Å². The fraction of sp³-hybridized carbons (Fsp3) is 0.455. The summed E-state index contributed by atoms with van der Waals surface area (Å²) in [5.41, 5.74) is 2.08. The number of likely N-dealkylation sites (tertiary alicyclic amines) is 1. The first kappa shape index (κ1) is 18.2. The molecule has 150 valence electrons. The molecule has 2 aliphatic rings. The fourth-order valence-electron chi connectivity index (χ4n) is 4.67. The molecule has 1 saturated carbocycles. The van der Waals surface area contributed by atoms with E-state index in [-0.39, 0.29) is 5.91 Å². The van der Waals surface area contributed by atoms with Gasteiger partial charge in [-0.1, -0.05) is 18.9 Å². The summed E-state index contributed by atoms with van der Waals surface area (Å²) in [6, 6.07) is 6.04. The number of fused-ring (bicyclic) bond motifs is 1. The molecule has 0 aromatic carbocycles. The Kier molecular flexibility index (Phi) is 4.54. The zero-order valence-corrected chi connectivity index (χ0v) is 16.4. The van der Waals surface area contributed by atoms with Gasteiger partial charge in [-0.05, 0) is 37.8 Å². The van der Waals surface area contributed by atoms with E-state index < -0.39 is 5.60 Å². The van der Waals surface area contributed by atoms with Crippen LogP contribution in [-0.4, -0.2) is 48.5 Å². The number of aromatic nitrogens is 4. The molecular weight excluding hydrogens is 366 g/mol. The summed E-state index contributed by atoms with van der Waals surface area (Å²) < 4.78 is 2.16. The van der Waals surface area contributed by atoms with Crippen LogP contribution in [0.15, 0.2) is 43.1 Å². The van der Waals surface area contributed by atoms with Gasteiger partial charge in [0.05, 0.1) is 17.5 Å². The van der Waals surface area contributed by atoms with Gasteiger partial charge in [-0.25, -0.2) is 9.97 Å². The Morgan fingerprint density at radius 1 is 1.14 bits per heavy atom. The van der Waals surface area contributed by atoms with Crippen molar-refractivity contribution >= 4 is 17.1 Å². The van der Waals surface area contributed by atoms with E-state index in [4.69, 9.17) is 0 Å². The van der Waals surface area contributed by atoms with Gasteiger partial charge >= 0.3 is 0 Å². The van der Waals surface area contributed by atoms with E-state index in [1.165, 1.54) is 25.7 Å². The first-order valence-electron chi connectivity index (χ1n) is 10.4. The van der Waals surface area contributed by atoms with Crippen molar-refractivity contribution < 1.29 is 9.90 Å². The number of amides is 1. The van der Waals surface area contributed by atoms with Gasteiger partial charge in [0, 0.05) is 43.3 Å². The van der Waals surface area contributed by atoms with Gasteiger partial charge in [-0.2, -0.15) is 0 Å². The highest BCUT2D eigenvalue weighted by atomic mass is 16.3. The molecule has 7 heteroatoms. The third-order valence-corrected chi connectivity index (χ3v) is 6.45. The van der Waals surface area contributed by atoms with E-state index >= 15 is 0 Å². The Labute approximate surface area is 169 Å². The molecule has 0 unspecified atom stereocenters. The van der Waals surface area contributed by atoms with E-state index in [2.05, 4.69) is 19.5 Å². The van der Waals surface area contributed by atoms with E-state index in [0.717, 1.165) is 16.7 Å². The van der Waals surface area contributed by atoms with E-state index in [9.17, 15) is 9.90 Å². The summed E-state index contributed by atoms with van der Waals surface area (Å²) >= 11 is 0. The Bertz CT molecular complexity index is 1020. The Hall–Kier alpha value is -2.80. The SMILES string of the molecule is O=C(c1cnc2c(c1)ncn2C1CCCC1)N1CCC(O)(c2cccnc2)CC1. The van der Waals surface area contributed by atoms with Gasteiger partial charge in [0.25, 0.3) is 5.91 Å². The van der Waals surface area contributed by atoms with Gasteiger partial charge in [0.1, 0.15) is 5.52 Å². The minimum atomic E-state index is -0.923. The Morgan fingerprint density at radius 3 is 2.66 bits per heavy atom. The summed E-state index contributed by atoms with van der Waals surface area (Å²) in [5, 5.41) is 11.0. The van der Waals surface area contributed by atoms with Crippen LogP contribution in [0, 0.1) is 0 Å². The van der Waals surface area contributed by atoms with E-state index in [1.54, 1.807) is 23.5 Å². The predicted octanol–water partition coefficient (Wildman–Crippen LogP) is 3.07. The van der Waals surface area contributed by atoms with Crippen LogP contribution in [0.2, 0.25) is 0 Å². The minimum absolute atomic E-state index is 0.0527. The lowest BCUT2D eigenvalue weighted by atomic mass is 9.85. The van der Waals surface area contributed by atoms with Crippen molar-refractivity contribution in [2.45, 2.75) is 50.2 Å². The third-order valence-electron chi connectivity index (χ3n) is 6.45. The van der Waals surface area contributed by atoms with Crippen LogP contribution >= 0.6 is 0 Å². The van der Waals surface area contributed by atoms with Crippen molar-refractivity contribution in [2.24, 2.45) is 0 Å². The maximum absolute atomic E-state index is 13.0. The molecule has 0 bridgehead atoms. The van der Waals surface area contributed by atoms with Crippen molar-refractivity contribution in [1.82, 2.24) is 24.4 Å². The molecule has 3 aromatic heterocycles. The predicted molar refractivity (Wildman–Crippen MR) is 108 cm³/mol. The second-order valence-corrected chi connectivity index (χ2v) is 8.22. The number of aliphatic hydroxyl groups is 1. The second kappa shape index (κ2) is 7.22. The molecule has 0 atom stereocenters. The number of nitrogens with zero attached hydrogens (tertiary/aromatic N) is 5. The van der Waals surface area contributed by atoms with Crippen molar-refractivity contribution in [3.63, 3.8) is 0 Å². The van der Waals surface area contributed by atoms with Crippen molar-refractivity contribution in [3.05, 3.63) is 54.2 Å². The molecule has 4 heterocycles. The summed E-state index contributed by atoms with van der Waals surface area (Å²) in [5.74, 6) is -0.0527. The third kappa shape index (κ3) is 3.29. The largest absolute Gasteiger partial charge is 0.385 e. The molecule has 3 aromatic rings. The average Bonchev–Trinajstić information content (AvgIpc) is 3.43. The van der Waals surface area contributed by atoms with Gasteiger partial charge in [0.15, 0.2) is 5.65 Å². The van der Waals surface area contributed by atoms with E-state index in [0.29, 0.717) is 37.5 Å². The number of pyridine rings is 2. The Morgan fingerprint density at radius 2 is 1.93 bits per heavy atom. The summed E-state index contributed by atoms with van der Waals surface area (Å²) in [6.45, 7) is 0.998. The molecule has 1 N–H and O–H groups in total. The highest BCUT2D eigenvalue weighted by Crippen LogP contribution is 2.33. The highest BCUT2D eigenvalue weighted by Gasteiger charge is 2.36. The Balaban J connectivity index is 1.31. The van der Waals surface area contributed by atoms with Crippen LogP contribution < -0.4 is 0 Å². The average molecular weight is 391 g/mol. The van der Waals surface area contributed by atoms with Crippen LogP contribution in [0.4, 0.5) is 0 Å². The molecular formula is C22H25N5O2. The molecule has 1 aliphatic carbocycles. The number of hydrogen-bond donors (Lipinski definition) is 1. The highest BCUT2D eigenvalue weighted by molar-refractivity contribution is 5.96. The van der Waals surface area contributed by atoms with Crippen LogP contribution in [0.1, 0.15) is 60.5 Å². The maximum atomic E-state index is 13.0. The molecule has 7 nitrogen and oxygen atoms in total. The molecule has 1 amide bonds. The standard InChI is InChI=1S/C22H25N5O2/c28-21(26-10-7-22(29,8-11-26)17-4-3-9-23-14-17)16-12-19-20(24-13-16)27(15-25-19)18-5-1-2-6-18/h3-4,9,12-15,18,29H,1-2,5-8,10-11H2. The van der Waals surface area contributed by atoms with Crippen LogP contribution in [-0.2, 0) is 5.60 Å². The lowest BCUT2D eigenvalue weighted by Gasteiger charge is -2.38. The number of carbonyl (C=O) groups excluding carboxylic acids is 1. The lowest BCUT2D eigenvalue weighted by molar-refractivity contribution is -0.0213. The van der Waals surface area contributed by atoms with Gasteiger partial charge in [0.2, 0.25) is 0 Å². The van der Waals surface area contributed by atoms with Gasteiger partial charge in [-0.15, -0.1) is 0 Å². The number of imidazole rings is 1. The van der Waals surface area contributed by atoms with Crippen LogP contribution in [0.3, 0.4) is 0 Å². The summed E-state index contributed by atoms with van der Waals surface area (Å²) in [6.07, 6.45) is 12.8. The smallest absolute Gasteiger partial charge is 0.255 e. The zero-order chi connectivity index (χ0) is 19.8. The molecule has 1 aliphatic heterocycles. The van der Waals surface area contributed by atoms with Crippen LogP contribution in [0.25, 0.3) is 11.2 Å². The number of hydrogen-bond acceptors (Lipinski definition) is 5. The van der Waals surface area contributed by atoms with Crippen molar-refractivity contribution in [3.8, 4) is 0 Å². The first-order chi connectivity index (χ1) is 14.1. The number of carbonyl (C=O) groups is 1. The van der Waals surface area contributed by atoms with Crippen LogP contribution in [0.5, 0.6) is 0 Å². The van der Waals surface area contributed by atoms with Crippen molar-refractivity contribution in [2.75, 3.05) is 13.1 Å². The number of piperidine rings is 1. The quantitative estimate of drug-likeness (QED) is 0.742. The normalized spacial score (nSPS) is 19.7. The summed E-state index contributed by atoms with van der Waals surface area (Å²) in [7, 11) is 0. The molecule has 1 saturated heterocycles. The topological polar surface area (TPSA) is 84.1 Å². The van der Waals surface area contributed by atoms with Gasteiger partial charge in [-0.3, -0.25) is 9.78 Å². The molecule has 2 fully saturated rings. The minimum Gasteiger partial charge on any atom is -0.385 e.